The van der Waals surface area contributed by atoms with Crippen LogP contribution in [-0.4, -0.2) is 31.2 Å². The van der Waals surface area contributed by atoms with E-state index in [2.05, 4.69) is 5.32 Å². The first-order valence-electron chi connectivity index (χ1n) is 5.24. The van der Waals surface area contributed by atoms with E-state index in [4.69, 9.17) is 10.5 Å². The molecule has 1 amide bonds. The number of nitrogens with two attached hydrogens (primary N) is 1. The van der Waals surface area contributed by atoms with E-state index in [0.29, 0.717) is 6.54 Å². The van der Waals surface area contributed by atoms with E-state index in [1.807, 2.05) is 13.8 Å². The first-order valence-corrected chi connectivity index (χ1v) is 5.24. The monoisotopic (exact) mass is 200 g/mol. The minimum Gasteiger partial charge on any atom is -0.381 e. The van der Waals surface area contributed by atoms with Gasteiger partial charge in [0.1, 0.15) is 0 Å². The third-order valence-corrected chi connectivity index (χ3v) is 2.90. The number of hydrogen-bond donors (Lipinski definition) is 2. The average Bonchev–Trinajstić information content (AvgIpc) is 2.19. The molecule has 1 rings (SSSR count). The van der Waals surface area contributed by atoms with Gasteiger partial charge in [-0.05, 0) is 32.6 Å². The van der Waals surface area contributed by atoms with E-state index in [9.17, 15) is 4.79 Å². The highest BCUT2D eigenvalue weighted by Crippen LogP contribution is 2.25. The Morgan fingerprint density at radius 1 is 1.57 bits per heavy atom. The van der Waals surface area contributed by atoms with Gasteiger partial charge in [-0.25, -0.2) is 0 Å². The van der Waals surface area contributed by atoms with Crippen LogP contribution in [0, 0.1) is 5.92 Å². The number of likely N-dealkylation sites (N-methyl/N-ethyl adjacent to an activating group) is 1. The lowest BCUT2D eigenvalue weighted by atomic mass is 9.80. The highest BCUT2D eigenvalue weighted by atomic mass is 16.5. The SMILES string of the molecule is CCNC(=O)[C@@](C)(N)C1CCOCC1. The van der Waals surface area contributed by atoms with E-state index in [1.165, 1.54) is 0 Å². The predicted octanol–water partition coefficient (Wildman–Crippen LogP) is 0.267. The van der Waals surface area contributed by atoms with Gasteiger partial charge >= 0.3 is 0 Å². The molecule has 1 atom stereocenters. The van der Waals surface area contributed by atoms with Crippen molar-refractivity contribution in [2.24, 2.45) is 11.7 Å². The van der Waals surface area contributed by atoms with Crippen molar-refractivity contribution in [3.8, 4) is 0 Å². The van der Waals surface area contributed by atoms with Gasteiger partial charge in [0, 0.05) is 19.8 Å². The third-order valence-electron chi connectivity index (χ3n) is 2.90. The van der Waals surface area contributed by atoms with Crippen LogP contribution in [0.25, 0.3) is 0 Å². The molecule has 0 unspecified atom stereocenters. The number of ether oxygens (including phenoxy) is 1. The number of carbonyl (C=O) groups excluding carboxylic acids is 1. The second kappa shape index (κ2) is 4.75. The van der Waals surface area contributed by atoms with Gasteiger partial charge in [0.25, 0.3) is 0 Å². The molecule has 82 valence electrons. The molecule has 1 fully saturated rings. The van der Waals surface area contributed by atoms with E-state index < -0.39 is 5.54 Å². The highest BCUT2D eigenvalue weighted by Gasteiger charge is 2.37. The maximum atomic E-state index is 11.7. The summed E-state index contributed by atoms with van der Waals surface area (Å²) in [7, 11) is 0. The Bertz CT molecular complexity index is 198. The number of carbonyl (C=O) groups is 1. The van der Waals surface area contributed by atoms with Gasteiger partial charge in [0.2, 0.25) is 5.91 Å². The van der Waals surface area contributed by atoms with Gasteiger partial charge in [-0.15, -0.1) is 0 Å². The lowest BCUT2D eigenvalue weighted by Gasteiger charge is -2.35. The molecule has 0 radical (unpaired) electrons. The lowest BCUT2D eigenvalue weighted by molar-refractivity contribution is -0.128. The molecule has 1 aliphatic heterocycles. The fourth-order valence-corrected chi connectivity index (χ4v) is 1.83. The normalized spacial score (nSPS) is 22.8. The molecule has 0 aromatic rings. The fraction of sp³-hybridized carbons (Fsp3) is 0.900. The summed E-state index contributed by atoms with van der Waals surface area (Å²) in [4.78, 5) is 11.7. The number of amides is 1. The van der Waals surface area contributed by atoms with Crippen LogP contribution in [-0.2, 0) is 9.53 Å². The first kappa shape index (κ1) is 11.5. The summed E-state index contributed by atoms with van der Waals surface area (Å²) in [5, 5.41) is 2.78. The van der Waals surface area contributed by atoms with Crippen LogP contribution >= 0.6 is 0 Å². The molecule has 0 aromatic carbocycles. The predicted molar refractivity (Wildman–Crippen MR) is 54.8 cm³/mol. The van der Waals surface area contributed by atoms with Crippen LogP contribution in [0.15, 0.2) is 0 Å². The van der Waals surface area contributed by atoms with E-state index >= 15 is 0 Å². The van der Waals surface area contributed by atoms with Crippen LogP contribution in [0.2, 0.25) is 0 Å². The van der Waals surface area contributed by atoms with Crippen LogP contribution < -0.4 is 11.1 Å². The van der Waals surface area contributed by atoms with Crippen molar-refractivity contribution in [3.05, 3.63) is 0 Å². The quantitative estimate of drug-likeness (QED) is 0.687. The molecule has 0 aliphatic carbocycles. The molecule has 14 heavy (non-hydrogen) atoms. The minimum atomic E-state index is -0.750. The van der Waals surface area contributed by atoms with Crippen molar-refractivity contribution in [1.82, 2.24) is 5.32 Å². The molecule has 4 heteroatoms. The van der Waals surface area contributed by atoms with E-state index in [-0.39, 0.29) is 11.8 Å². The van der Waals surface area contributed by atoms with Crippen molar-refractivity contribution in [3.63, 3.8) is 0 Å². The second-order valence-corrected chi connectivity index (χ2v) is 4.03. The summed E-state index contributed by atoms with van der Waals surface area (Å²) in [6.45, 7) is 5.79. The van der Waals surface area contributed by atoms with Crippen molar-refractivity contribution in [2.75, 3.05) is 19.8 Å². The largest absolute Gasteiger partial charge is 0.381 e. The maximum Gasteiger partial charge on any atom is 0.240 e. The lowest BCUT2D eigenvalue weighted by Crippen LogP contribution is -2.57. The molecule has 1 aliphatic rings. The summed E-state index contributed by atoms with van der Waals surface area (Å²) in [6.07, 6.45) is 1.76. The molecule has 0 saturated carbocycles. The fourth-order valence-electron chi connectivity index (χ4n) is 1.83. The maximum absolute atomic E-state index is 11.7. The first-order chi connectivity index (χ1) is 6.59. The van der Waals surface area contributed by atoms with Crippen LogP contribution in [0.3, 0.4) is 0 Å². The topological polar surface area (TPSA) is 64.4 Å². The molecular formula is C10H20N2O2. The molecule has 0 aromatic heterocycles. The third kappa shape index (κ3) is 2.45. The van der Waals surface area contributed by atoms with Crippen molar-refractivity contribution >= 4 is 5.91 Å². The number of nitrogens with one attached hydrogen (secondary N) is 1. The zero-order chi connectivity index (χ0) is 10.6. The molecule has 0 bridgehead atoms. The Labute approximate surface area is 85.2 Å². The minimum absolute atomic E-state index is 0.0492. The summed E-state index contributed by atoms with van der Waals surface area (Å²) in [5.74, 6) is 0.190. The molecule has 0 spiro atoms. The van der Waals surface area contributed by atoms with Crippen LogP contribution in [0.4, 0.5) is 0 Å². The molecule has 1 saturated heterocycles. The van der Waals surface area contributed by atoms with Crippen molar-refractivity contribution in [2.45, 2.75) is 32.2 Å². The zero-order valence-corrected chi connectivity index (χ0v) is 9.01. The van der Waals surface area contributed by atoms with Gasteiger partial charge in [0.05, 0.1) is 5.54 Å². The van der Waals surface area contributed by atoms with E-state index in [1.54, 1.807) is 0 Å². The summed E-state index contributed by atoms with van der Waals surface area (Å²) in [6, 6.07) is 0. The van der Waals surface area contributed by atoms with Gasteiger partial charge in [-0.1, -0.05) is 0 Å². The smallest absolute Gasteiger partial charge is 0.240 e. The average molecular weight is 200 g/mol. The summed E-state index contributed by atoms with van der Waals surface area (Å²) >= 11 is 0. The molecule has 3 N–H and O–H groups in total. The van der Waals surface area contributed by atoms with Crippen molar-refractivity contribution < 1.29 is 9.53 Å². The van der Waals surface area contributed by atoms with E-state index in [0.717, 1.165) is 26.1 Å². The number of hydrogen-bond acceptors (Lipinski definition) is 3. The summed E-state index contributed by atoms with van der Waals surface area (Å²) < 4.78 is 5.25. The standard InChI is InChI=1S/C10H20N2O2/c1-3-12-9(13)10(2,11)8-4-6-14-7-5-8/h8H,3-7,11H2,1-2H3,(H,12,13)/t10-/m0/s1. The second-order valence-electron chi connectivity index (χ2n) is 4.03. The van der Waals surface area contributed by atoms with Gasteiger partial charge in [0.15, 0.2) is 0 Å². The Kier molecular flexibility index (Phi) is 3.89. The van der Waals surface area contributed by atoms with Gasteiger partial charge < -0.3 is 15.8 Å². The zero-order valence-electron chi connectivity index (χ0n) is 9.01. The van der Waals surface area contributed by atoms with Crippen molar-refractivity contribution in [1.29, 1.82) is 0 Å². The molecule has 4 nitrogen and oxygen atoms in total. The highest BCUT2D eigenvalue weighted by molar-refractivity contribution is 5.85. The molecular weight excluding hydrogens is 180 g/mol. The van der Waals surface area contributed by atoms with Gasteiger partial charge in [-0.2, -0.15) is 0 Å². The summed E-state index contributed by atoms with van der Waals surface area (Å²) in [5.41, 5.74) is 5.30. The molecule has 1 heterocycles. The number of rotatable bonds is 3. The Morgan fingerprint density at radius 3 is 2.64 bits per heavy atom. The van der Waals surface area contributed by atoms with Crippen LogP contribution in [0.5, 0.6) is 0 Å². The van der Waals surface area contributed by atoms with Gasteiger partial charge in [-0.3, -0.25) is 4.79 Å². The Morgan fingerprint density at radius 2 is 2.14 bits per heavy atom. The van der Waals surface area contributed by atoms with Crippen LogP contribution in [0.1, 0.15) is 26.7 Å². The Hall–Kier alpha value is -0.610. The Balaban J connectivity index is 2.57.